The Balaban J connectivity index is 1.96. The van der Waals surface area contributed by atoms with Gasteiger partial charge in [0.1, 0.15) is 5.75 Å². The van der Waals surface area contributed by atoms with Crippen molar-refractivity contribution in [2.75, 3.05) is 26.1 Å². The van der Waals surface area contributed by atoms with Crippen molar-refractivity contribution < 1.29 is 14.3 Å². The van der Waals surface area contributed by atoms with Crippen LogP contribution in [-0.4, -0.2) is 41.5 Å². The van der Waals surface area contributed by atoms with Gasteiger partial charge in [0.15, 0.2) is 5.16 Å². The van der Waals surface area contributed by atoms with Gasteiger partial charge in [0, 0.05) is 12.8 Å². The zero-order valence-corrected chi connectivity index (χ0v) is 19.8. The number of benzene rings is 2. The summed E-state index contributed by atoms with van der Waals surface area (Å²) in [7, 11) is 3.20. The third kappa shape index (κ3) is 5.31. The fourth-order valence-corrected chi connectivity index (χ4v) is 4.60. The molecule has 1 heterocycles. The number of fused-ring (bicyclic) bond motifs is 1. The zero-order chi connectivity index (χ0) is 23.3. The molecular weight excluding hydrogens is 426 g/mol. The molecule has 1 N–H and O–H groups in total. The van der Waals surface area contributed by atoms with Gasteiger partial charge in [-0.25, -0.2) is 4.98 Å². The molecule has 170 valence electrons. The molecule has 32 heavy (non-hydrogen) atoms. The molecule has 0 unspecified atom stereocenters. The molecule has 7 nitrogen and oxygen atoms in total. The first kappa shape index (κ1) is 23.8. The number of rotatable bonds is 9. The highest BCUT2D eigenvalue weighted by atomic mass is 32.2. The van der Waals surface area contributed by atoms with Crippen LogP contribution in [-0.2, 0) is 9.53 Å². The van der Waals surface area contributed by atoms with E-state index in [-0.39, 0.29) is 23.4 Å². The van der Waals surface area contributed by atoms with Crippen molar-refractivity contribution in [1.29, 1.82) is 0 Å². The lowest BCUT2D eigenvalue weighted by atomic mass is 10.1. The van der Waals surface area contributed by atoms with Crippen LogP contribution in [0.1, 0.15) is 26.8 Å². The summed E-state index contributed by atoms with van der Waals surface area (Å²) in [5.41, 5.74) is 1.15. The lowest BCUT2D eigenvalue weighted by molar-refractivity contribution is -0.116. The minimum Gasteiger partial charge on any atom is -0.497 e. The smallest absolute Gasteiger partial charge is 0.262 e. The maximum Gasteiger partial charge on any atom is 0.262 e. The summed E-state index contributed by atoms with van der Waals surface area (Å²) in [4.78, 5) is 31.2. The largest absolute Gasteiger partial charge is 0.497 e. The van der Waals surface area contributed by atoms with Gasteiger partial charge in [-0.2, -0.15) is 0 Å². The number of nitrogens with one attached hydrogen (secondary N) is 1. The average Bonchev–Trinajstić information content (AvgIpc) is 2.78. The Morgan fingerprint density at radius 3 is 2.41 bits per heavy atom. The van der Waals surface area contributed by atoms with Crippen LogP contribution in [0.2, 0.25) is 0 Å². The van der Waals surface area contributed by atoms with Gasteiger partial charge < -0.3 is 14.8 Å². The first-order chi connectivity index (χ1) is 15.3. The SMILES string of the molecule is COC[C@@H](C)n1c(S[C@H](C(=O)Nc2ccc(OC)cc2)C(C)C)nc2ccccc2c1=O. The normalized spacial score (nSPS) is 13.2. The lowest BCUT2D eigenvalue weighted by Gasteiger charge is -2.24. The monoisotopic (exact) mass is 455 g/mol. The van der Waals surface area contributed by atoms with Gasteiger partial charge in [0.2, 0.25) is 5.91 Å². The standard InChI is InChI=1S/C24H29N3O4S/c1-15(2)21(22(28)25-17-10-12-18(31-5)13-11-17)32-24-26-20-9-7-6-8-19(20)23(29)27(24)16(3)14-30-4/h6-13,15-16,21H,14H2,1-5H3,(H,25,28)/t16-,21+/m1/s1. The summed E-state index contributed by atoms with van der Waals surface area (Å²) in [6.45, 7) is 6.23. The highest BCUT2D eigenvalue weighted by Crippen LogP contribution is 2.30. The predicted octanol–water partition coefficient (Wildman–Crippen LogP) is 4.37. The van der Waals surface area contributed by atoms with Crippen molar-refractivity contribution in [2.45, 2.75) is 37.2 Å². The molecule has 3 aromatic rings. The van der Waals surface area contributed by atoms with Crippen molar-refractivity contribution in [3.05, 3.63) is 58.9 Å². The number of para-hydroxylation sites is 1. The summed E-state index contributed by atoms with van der Waals surface area (Å²) in [6, 6.07) is 14.2. The third-order valence-electron chi connectivity index (χ3n) is 5.08. The molecule has 1 amide bonds. The topological polar surface area (TPSA) is 82.4 Å². The maximum atomic E-state index is 13.3. The average molecular weight is 456 g/mol. The second-order valence-corrected chi connectivity index (χ2v) is 9.00. The molecule has 0 bridgehead atoms. The number of aromatic nitrogens is 2. The Bertz CT molecular complexity index is 1130. The van der Waals surface area contributed by atoms with E-state index in [1.54, 1.807) is 49.1 Å². The van der Waals surface area contributed by atoms with Gasteiger partial charge in [-0.15, -0.1) is 0 Å². The number of hydrogen-bond donors (Lipinski definition) is 1. The fraction of sp³-hybridized carbons (Fsp3) is 0.375. The van der Waals surface area contributed by atoms with Crippen LogP contribution in [0, 0.1) is 5.92 Å². The quantitative estimate of drug-likeness (QED) is 0.381. The Morgan fingerprint density at radius 2 is 1.78 bits per heavy atom. The van der Waals surface area contributed by atoms with Crippen LogP contribution in [0.3, 0.4) is 0 Å². The van der Waals surface area contributed by atoms with E-state index in [4.69, 9.17) is 14.5 Å². The van der Waals surface area contributed by atoms with Crippen molar-refractivity contribution >= 4 is 34.3 Å². The molecule has 0 aliphatic heterocycles. The summed E-state index contributed by atoms with van der Waals surface area (Å²) in [6.07, 6.45) is 0. The van der Waals surface area contributed by atoms with Crippen LogP contribution >= 0.6 is 11.8 Å². The number of carbonyl (C=O) groups excluding carboxylic acids is 1. The number of carbonyl (C=O) groups is 1. The minimum absolute atomic E-state index is 0.00722. The Labute approximate surface area is 192 Å². The predicted molar refractivity (Wildman–Crippen MR) is 129 cm³/mol. The second kappa shape index (κ2) is 10.7. The molecule has 0 aliphatic rings. The van der Waals surface area contributed by atoms with Gasteiger partial charge in [0.05, 0.1) is 35.9 Å². The van der Waals surface area contributed by atoms with Crippen LogP contribution in [0.25, 0.3) is 10.9 Å². The van der Waals surface area contributed by atoms with E-state index in [1.807, 2.05) is 39.0 Å². The summed E-state index contributed by atoms with van der Waals surface area (Å²) in [5.74, 6) is 0.575. The van der Waals surface area contributed by atoms with Crippen molar-refractivity contribution in [3.63, 3.8) is 0 Å². The molecular formula is C24H29N3O4S. The van der Waals surface area contributed by atoms with Crippen molar-refractivity contribution in [2.24, 2.45) is 5.92 Å². The minimum atomic E-state index is -0.453. The van der Waals surface area contributed by atoms with Gasteiger partial charge in [0.25, 0.3) is 5.56 Å². The number of methoxy groups -OCH3 is 2. The molecule has 2 atom stereocenters. The molecule has 0 saturated carbocycles. The number of anilines is 1. The Hall–Kier alpha value is -2.84. The molecule has 2 aromatic carbocycles. The Kier molecular flexibility index (Phi) is 7.93. The Morgan fingerprint density at radius 1 is 1.09 bits per heavy atom. The summed E-state index contributed by atoms with van der Waals surface area (Å²) in [5, 5.41) is 3.56. The van der Waals surface area contributed by atoms with Crippen molar-refractivity contribution in [1.82, 2.24) is 9.55 Å². The fourth-order valence-electron chi connectivity index (χ4n) is 3.41. The number of thioether (sulfide) groups is 1. The molecule has 0 aliphatic carbocycles. The summed E-state index contributed by atoms with van der Waals surface area (Å²) >= 11 is 1.30. The number of ether oxygens (including phenoxy) is 2. The highest BCUT2D eigenvalue weighted by molar-refractivity contribution is 8.00. The van der Waals surface area contributed by atoms with Crippen LogP contribution in [0.4, 0.5) is 5.69 Å². The molecule has 1 aromatic heterocycles. The van der Waals surface area contributed by atoms with E-state index in [2.05, 4.69) is 5.32 Å². The summed E-state index contributed by atoms with van der Waals surface area (Å²) < 4.78 is 12.1. The first-order valence-corrected chi connectivity index (χ1v) is 11.4. The zero-order valence-electron chi connectivity index (χ0n) is 19.0. The molecule has 8 heteroatoms. The molecule has 0 fully saturated rings. The maximum absolute atomic E-state index is 13.3. The van der Waals surface area contributed by atoms with Gasteiger partial charge in [-0.05, 0) is 49.2 Å². The van der Waals surface area contributed by atoms with E-state index in [0.29, 0.717) is 34.1 Å². The van der Waals surface area contributed by atoms with E-state index < -0.39 is 5.25 Å². The highest BCUT2D eigenvalue weighted by Gasteiger charge is 2.27. The molecule has 0 saturated heterocycles. The van der Waals surface area contributed by atoms with Crippen molar-refractivity contribution in [3.8, 4) is 5.75 Å². The van der Waals surface area contributed by atoms with Gasteiger partial charge >= 0.3 is 0 Å². The van der Waals surface area contributed by atoms with E-state index in [0.717, 1.165) is 0 Å². The molecule has 0 spiro atoms. The van der Waals surface area contributed by atoms with E-state index in [9.17, 15) is 9.59 Å². The van der Waals surface area contributed by atoms with Gasteiger partial charge in [-0.1, -0.05) is 37.7 Å². The molecule has 3 rings (SSSR count). The van der Waals surface area contributed by atoms with Crippen LogP contribution in [0.5, 0.6) is 5.75 Å². The van der Waals surface area contributed by atoms with E-state index in [1.165, 1.54) is 11.8 Å². The van der Waals surface area contributed by atoms with Crippen LogP contribution < -0.4 is 15.6 Å². The number of amides is 1. The third-order valence-corrected chi connectivity index (χ3v) is 6.59. The molecule has 0 radical (unpaired) electrons. The number of hydrogen-bond acceptors (Lipinski definition) is 6. The van der Waals surface area contributed by atoms with Gasteiger partial charge in [-0.3, -0.25) is 14.2 Å². The van der Waals surface area contributed by atoms with E-state index >= 15 is 0 Å². The number of nitrogens with zero attached hydrogens (tertiary/aromatic N) is 2. The lowest BCUT2D eigenvalue weighted by Crippen LogP contribution is -2.33. The first-order valence-electron chi connectivity index (χ1n) is 10.5. The second-order valence-electron chi connectivity index (χ2n) is 7.89. The van der Waals surface area contributed by atoms with Crippen LogP contribution in [0.15, 0.2) is 58.5 Å².